The second-order valence-corrected chi connectivity index (χ2v) is 7.09. The lowest BCUT2D eigenvalue weighted by atomic mass is 9.85. The first-order valence-corrected chi connectivity index (χ1v) is 7.45. The Labute approximate surface area is 108 Å². The van der Waals surface area contributed by atoms with Crippen LogP contribution in [-0.2, 0) is 6.54 Å². The van der Waals surface area contributed by atoms with Crippen molar-refractivity contribution in [2.75, 3.05) is 19.6 Å². The summed E-state index contributed by atoms with van der Waals surface area (Å²) in [6.07, 6.45) is 0. The highest BCUT2D eigenvalue weighted by molar-refractivity contribution is 7.10. The highest BCUT2D eigenvalue weighted by Gasteiger charge is 2.49. The summed E-state index contributed by atoms with van der Waals surface area (Å²) in [4.78, 5) is 4.24. The molecule has 1 aromatic heterocycles. The number of nitrogens with zero attached hydrogens (tertiary/aromatic N) is 1. The van der Waals surface area contributed by atoms with E-state index in [9.17, 15) is 0 Å². The average Bonchev–Trinajstić information content (AvgIpc) is 2.91. The van der Waals surface area contributed by atoms with E-state index in [-0.39, 0.29) is 0 Å². The lowest BCUT2D eigenvalue weighted by molar-refractivity contribution is 0.133. The van der Waals surface area contributed by atoms with E-state index < -0.39 is 0 Å². The summed E-state index contributed by atoms with van der Waals surface area (Å²) in [6.45, 7) is 11.9. The molecular formula is C14H22N2S. The molecule has 2 aliphatic rings. The number of hydrogen-bond acceptors (Lipinski definition) is 3. The highest BCUT2D eigenvalue weighted by atomic mass is 32.1. The van der Waals surface area contributed by atoms with Crippen LogP contribution in [0.2, 0.25) is 0 Å². The fourth-order valence-corrected chi connectivity index (χ4v) is 4.43. The summed E-state index contributed by atoms with van der Waals surface area (Å²) in [6, 6.07) is 2.24. The molecule has 2 unspecified atom stereocenters. The highest BCUT2D eigenvalue weighted by Crippen LogP contribution is 2.41. The minimum atomic E-state index is 0.352. The summed E-state index contributed by atoms with van der Waals surface area (Å²) >= 11 is 1.91. The number of likely N-dealkylation sites (tertiary alicyclic amines) is 1. The summed E-state index contributed by atoms with van der Waals surface area (Å²) in [7, 11) is 0. The molecule has 2 saturated heterocycles. The van der Waals surface area contributed by atoms with Crippen molar-refractivity contribution >= 4 is 11.3 Å². The Balaban J connectivity index is 1.79. The number of nitrogens with one attached hydrogen (secondary N) is 1. The largest absolute Gasteiger partial charge is 0.316 e. The van der Waals surface area contributed by atoms with Gasteiger partial charge in [-0.2, -0.15) is 0 Å². The third-order valence-electron chi connectivity index (χ3n) is 4.82. The molecule has 17 heavy (non-hydrogen) atoms. The van der Waals surface area contributed by atoms with Gasteiger partial charge in [-0.25, -0.2) is 0 Å². The van der Waals surface area contributed by atoms with E-state index in [1.807, 2.05) is 11.3 Å². The van der Waals surface area contributed by atoms with Gasteiger partial charge in [0.2, 0.25) is 0 Å². The number of aryl methyl sites for hydroxylation is 1. The van der Waals surface area contributed by atoms with Gasteiger partial charge in [0.25, 0.3) is 0 Å². The molecule has 2 fully saturated rings. The summed E-state index contributed by atoms with van der Waals surface area (Å²) in [5.74, 6) is 1.70. The molecule has 0 spiro atoms. The first kappa shape index (κ1) is 11.7. The van der Waals surface area contributed by atoms with Crippen LogP contribution in [0.3, 0.4) is 0 Å². The molecule has 1 N–H and O–H groups in total. The molecule has 3 rings (SSSR count). The van der Waals surface area contributed by atoms with Gasteiger partial charge in [-0.05, 0) is 56.2 Å². The Kier molecular flexibility index (Phi) is 2.80. The van der Waals surface area contributed by atoms with Crippen molar-refractivity contribution in [1.82, 2.24) is 10.2 Å². The second-order valence-electron chi connectivity index (χ2n) is 6.09. The topological polar surface area (TPSA) is 15.3 Å². The van der Waals surface area contributed by atoms with Crippen molar-refractivity contribution < 1.29 is 0 Å². The molecule has 0 bridgehead atoms. The number of rotatable bonds is 2. The minimum Gasteiger partial charge on any atom is -0.316 e. The van der Waals surface area contributed by atoms with E-state index in [0.717, 1.165) is 18.4 Å². The van der Waals surface area contributed by atoms with Gasteiger partial charge < -0.3 is 5.32 Å². The van der Waals surface area contributed by atoms with Crippen LogP contribution >= 0.6 is 11.3 Å². The minimum absolute atomic E-state index is 0.352. The Hall–Kier alpha value is -0.380. The van der Waals surface area contributed by atoms with Crippen molar-refractivity contribution in [1.29, 1.82) is 0 Å². The van der Waals surface area contributed by atoms with Crippen molar-refractivity contribution in [3.8, 4) is 0 Å². The second kappa shape index (κ2) is 4.08. The quantitative estimate of drug-likeness (QED) is 0.867. The van der Waals surface area contributed by atoms with E-state index in [1.165, 1.54) is 25.2 Å². The molecule has 1 aromatic rings. The SMILES string of the molecule is Cc1ccsc1CN1CC2CNCC2C1(C)C. The lowest BCUT2D eigenvalue weighted by Gasteiger charge is -2.35. The van der Waals surface area contributed by atoms with Crippen molar-refractivity contribution in [3.63, 3.8) is 0 Å². The van der Waals surface area contributed by atoms with Gasteiger partial charge in [0.1, 0.15) is 0 Å². The number of fused-ring (bicyclic) bond motifs is 1. The van der Waals surface area contributed by atoms with E-state index in [4.69, 9.17) is 0 Å². The number of thiophene rings is 1. The zero-order chi connectivity index (χ0) is 12.0. The van der Waals surface area contributed by atoms with Crippen molar-refractivity contribution in [2.45, 2.75) is 32.9 Å². The van der Waals surface area contributed by atoms with Crippen LogP contribution in [0.25, 0.3) is 0 Å². The molecular weight excluding hydrogens is 228 g/mol. The monoisotopic (exact) mass is 250 g/mol. The van der Waals surface area contributed by atoms with Gasteiger partial charge in [0.05, 0.1) is 0 Å². The summed E-state index contributed by atoms with van der Waals surface area (Å²) in [5.41, 5.74) is 1.81. The Morgan fingerprint density at radius 1 is 1.47 bits per heavy atom. The van der Waals surface area contributed by atoms with E-state index in [1.54, 1.807) is 4.88 Å². The van der Waals surface area contributed by atoms with Crippen LogP contribution in [0.5, 0.6) is 0 Å². The summed E-state index contributed by atoms with van der Waals surface area (Å²) in [5, 5.41) is 5.77. The van der Waals surface area contributed by atoms with Crippen LogP contribution < -0.4 is 5.32 Å². The molecule has 2 atom stereocenters. The Morgan fingerprint density at radius 3 is 2.94 bits per heavy atom. The maximum Gasteiger partial charge on any atom is 0.0336 e. The van der Waals surface area contributed by atoms with Crippen LogP contribution in [0.4, 0.5) is 0 Å². The Bertz CT molecular complexity index is 410. The third-order valence-corrected chi connectivity index (χ3v) is 5.83. The van der Waals surface area contributed by atoms with Crippen molar-refractivity contribution in [2.24, 2.45) is 11.8 Å². The van der Waals surface area contributed by atoms with Gasteiger partial charge in [-0.15, -0.1) is 11.3 Å². The van der Waals surface area contributed by atoms with Crippen molar-refractivity contribution in [3.05, 3.63) is 21.9 Å². The average molecular weight is 250 g/mol. The van der Waals surface area contributed by atoms with Crippen LogP contribution in [0, 0.1) is 18.8 Å². The molecule has 94 valence electrons. The van der Waals surface area contributed by atoms with Gasteiger partial charge >= 0.3 is 0 Å². The first-order valence-electron chi connectivity index (χ1n) is 6.58. The predicted molar refractivity (Wildman–Crippen MR) is 73.4 cm³/mol. The zero-order valence-corrected chi connectivity index (χ0v) is 11.8. The molecule has 0 aromatic carbocycles. The first-order chi connectivity index (χ1) is 8.09. The van der Waals surface area contributed by atoms with E-state index >= 15 is 0 Å². The maximum absolute atomic E-state index is 3.55. The molecule has 0 saturated carbocycles. The van der Waals surface area contributed by atoms with Gasteiger partial charge in [-0.3, -0.25) is 4.90 Å². The van der Waals surface area contributed by atoms with Gasteiger partial charge in [0.15, 0.2) is 0 Å². The van der Waals surface area contributed by atoms with Crippen LogP contribution in [0.1, 0.15) is 24.3 Å². The molecule has 2 aliphatic heterocycles. The maximum atomic E-state index is 3.55. The molecule has 0 radical (unpaired) electrons. The molecule has 2 nitrogen and oxygen atoms in total. The molecule has 0 aliphatic carbocycles. The third kappa shape index (κ3) is 1.85. The van der Waals surface area contributed by atoms with Crippen LogP contribution in [0.15, 0.2) is 11.4 Å². The summed E-state index contributed by atoms with van der Waals surface area (Å²) < 4.78 is 0. The fraction of sp³-hybridized carbons (Fsp3) is 0.714. The van der Waals surface area contributed by atoms with Gasteiger partial charge in [0, 0.05) is 30.1 Å². The van der Waals surface area contributed by atoms with Crippen LogP contribution in [-0.4, -0.2) is 30.1 Å². The smallest absolute Gasteiger partial charge is 0.0336 e. The number of hydrogen-bond donors (Lipinski definition) is 1. The van der Waals surface area contributed by atoms with E-state index in [0.29, 0.717) is 5.54 Å². The predicted octanol–water partition coefficient (Wildman–Crippen LogP) is 2.49. The zero-order valence-electron chi connectivity index (χ0n) is 11.0. The molecule has 3 heterocycles. The van der Waals surface area contributed by atoms with E-state index in [2.05, 4.69) is 42.4 Å². The lowest BCUT2D eigenvalue weighted by Crippen LogP contribution is -2.43. The fourth-order valence-electron chi connectivity index (χ4n) is 3.51. The Morgan fingerprint density at radius 2 is 2.29 bits per heavy atom. The molecule has 3 heteroatoms. The molecule has 0 amide bonds. The normalized spacial score (nSPS) is 31.9. The van der Waals surface area contributed by atoms with Gasteiger partial charge in [-0.1, -0.05) is 0 Å². The standard InChI is InChI=1S/C14H22N2S/c1-10-4-5-17-13(10)9-16-8-11-6-15-7-12(11)14(16,2)3/h4-5,11-12,15H,6-9H2,1-3H3.